The van der Waals surface area contributed by atoms with Crippen molar-refractivity contribution in [3.05, 3.63) is 168 Å². The van der Waals surface area contributed by atoms with E-state index in [2.05, 4.69) is 17.9 Å². The first-order chi connectivity index (χ1) is 31.0. The van der Waals surface area contributed by atoms with Gasteiger partial charge in [-0.3, -0.25) is 4.79 Å². The molecule has 0 heterocycles. The number of allylic oxidation sites excluding steroid dienone is 1. The molecule has 5 rings (SSSR count). The van der Waals surface area contributed by atoms with Gasteiger partial charge in [-0.15, -0.1) is 6.58 Å². The summed E-state index contributed by atoms with van der Waals surface area (Å²) in [5.41, 5.74) is 1.54. The molecular formula is C50H48O14. The Morgan fingerprint density at radius 2 is 0.844 bits per heavy atom. The summed E-state index contributed by atoms with van der Waals surface area (Å²) in [4.78, 5) is 72.4. The molecule has 0 atom stereocenters. The standard InChI is InChI=1S/C47H42O14.C3H6/c1-3-43(49)57-29-7-6-28-56-38-18-10-34(11-19-38)45(51)59-40-22-14-36(15-23-40)47(53)61-42-25-24-41(30-32(42)2)60-46(52)35-12-20-39(21-13-35)58-44(50)33-8-16-37(17-9-33)55-27-5-4-26-54-31-48;1-3-2/h3,8-25,30-31H,1,4-7,26-29H2,2H3;3H,1H2,2H3. The molecule has 0 aromatic heterocycles. The smallest absolute Gasteiger partial charge is 0.343 e. The first-order valence-electron chi connectivity index (χ1n) is 20.1. The molecule has 0 radical (unpaired) electrons. The summed E-state index contributed by atoms with van der Waals surface area (Å²) in [5, 5.41) is 0. The van der Waals surface area contributed by atoms with Crippen LogP contribution < -0.4 is 28.4 Å². The van der Waals surface area contributed by atoms with E-state index in [0.717, 1.165) is 6.08 Å². The fraction of sp³-hybridized carbons (Fsp3) is 0.200. The maximum absolute atomic E-state index is 12.9. The summed E-state index contributed by atoms with van der Waals surface area (Å²) in [6, 6.07) is 29.2. The van der Waals surface area contributed by atoms with Crippen LogP contribution in [0.15, 0.2) is 141 Å². The molecule has 64 heavy (non-hydrogen) atoms. The number of ether oxygens (including phenoxy) is 8. The molecule has 0 amide bonds. The van der Waals surface area contributed by atoms with Crippen molar-refractivity contribution in [2.75, 3.05) is 26.4 Å². The van der Waals surface area contributed by atoms with Crippen molar-refractivity contribution in [1.29, 1.82) is 0 Å². The van der Waals surface area contributed by atoms with Crippen molar-refractivity contribution in [2.24, 2.45) is 0 Å². The summed E-state index contributed by atoms with van der Waals surface area (Å²) in [7, 11) is 0. The van der Waals surface area contributed by atoms with Gasteiger partial charge in [0.1, 0.15) is 34.5 Å². The molecule has 5 aromatic rings. The Hall–Kier alpha value is -8.00. The molecule has 5 aromatic carbocycles. The highest BCUT2D eigenvalue weighted by Crippen LogP contribution is 2.26. The van der Waals surface area contributed by atoms with Crippen LogP contribution in [0.5, 0.6) is 34.5 Å². The number of unbranched alkanes of at least 4 members (excludes halogenated alkanes) is 2. The van der Waals surface area contributed by atoms with E-state index in [1.54, 1.807) is 67.6 Å². The van der Waals surface area contributed by atoms with Crippen molar-refractivity contribution in [2.45, 2.75) is 39.5 Å². The molecule has 0 N–H and O–H groups in total. The fourth-order valence-corrected chi connectivity index (χ4v) is 5.30. The molecule has 14 heteroatoms. The SMILES string of the molecule is C=CC.C=CC(=O)OCCCCOc1ccc(C(=O)Oc2ccc(C(=O)Oc3ccc(OC(=O)c4ccc(OC(=O)c5ccc(OCCCCOC=O)cc5)cc4)cc3C)cc2)cc1. The molecular weight excluding hydrogens is 825 g/mol. The van der Waals surface area contributed by atoms with Crippen LogP contribution in [-0.2, 0) is 19.1 Å². The Balaban J connectivity index is 0.00000291. The van der Waals surface area contributed by atoms with Crippen molar-refractivity contribution < 1.29 is 66.7 Å². The van der Waals surface area contributed by atoms with Gasteiger partial charge < -0.3 is 37.9 Å². The predicted molar refractivity (Wildman–Crippen MR) is 235 cm³/mol. The van der Waals surface area contributed by atoms with E-state index in [4.69, 9.17) is 33.2 Å². The number of aryl methyl sites for hydroxylation is 1. The minimum absolute atomic E-state index is 0.207. The molecule has 0 aliphatic heterocycles. The van der Waals surface area contributed by atoms with Crippen LogP contribution in [0.1, 0.15) is 79.6 Å². The number of benzene rings is 5. The Labute approximate surface area is 370 Å². The highest BCUT2D eigenvalue weighted by atomic mass is 16.6. The first-order valence-corrected chi connectivity index (χ1v) is 20.1. The molecule has 0 bridgehead atoms. The lowest BCUT2D eigenvalue weighted by Gasteiger charge is -2.11. The monoisotopic (exact) mass is 872 g/mol. The number of hydrogen-bond donors (Lipinski definition) is 0. The molecule has 14 nitrogen and oxygen atoms in total. The lowest BCUT2D eigenvalue weighted by atomic mass is 10.2. The Bertz CT molecular complexity index is 2330. The molecule has 0 fully saturated rings. The van der Waals surface area contributed by atoms with Gasteiger partial charge in [0.25, 0.3) is 6.47 Å². The third kappa shape index (κ3) is 16.5. The third-order valence-electron chi connectivity index (χ3n) is 8.55. The second kappa shape index (κ2) is 26.4. The summed E-state index contributed by atoms with van der Waals surface area (Å²) in [6.07, 6.45) is 5.54. The van der Waals surface area contributed by atoms with Gasteiger partial charge in [0.05, 0.1) is 48.7 Å². The van der Waals surface area contributed by atoms with Gasteiger partial charge in [0.2, 0.25) is 0 Å². The van der Waals surface area contributed by atoms with E-state index < -0.39 is 29.8 Å². The van der Waals surface area contributed by atoms with Gasteiger partial charge in [0.15, 0.2) is 0 Å². The summed E-state index contributed by atoms with van der Waals surface area (Å²) in [6.45, 7) is 12.1. The van der Waals surface area contributed by atoms with E-state index in [1.807, 2.05) is 6.92 Å². The van der Waals surface area contributed by atoms with E-state index in [-0.39, 0.29) is 40.7 Å². The average Bonchev–Trinajstić information content (AvgIpc) is 3.30. The molecule has 0 spiro atoms. The first kappa shape index (κ1) is 48.7. The quantitative estimate of drug-likeness (QED) is 0.0161. The Morgan fingerprint density at radius 3 is 1.25 bits per heavy atom. The van der Waals surface area contributed by atoms with Gasteiger partial charge >= 0.3 is 29.8 Å². The van der Waals surface area contributed by atoms with Crippen LogP contribution >= 0.6 is 0 Å². The fourth-order valence-electron chi connectivity index (χ4n) is 5.30. The summed E-state index contributed by atoms with van der Waals surface area (Å²) >= 11 is 0. The molecule has 0 saturated carbocycles. The van der Waals surface area contributed by atoms with Crippen LogP contribution in [-0.4, -0.2) is 62.7 Å². The van der Waals surface area contributed by atoms with E-state index >= 15 is 0 Å². The van der Waals surface area contributed by atoms with Gasteiger partial charge in [-0.05, 0) is 160 Å². The van der Waals surface area contributed by atoms with Gasteiger partial charge in [-0.25, -0.2) is 24.0 Å². The molecule has 0 saturated heterocycles. The summed E-state index contributed by atoms with van der Waals surface area (Å²) in [5.74, 6) is -0.922. The lowest BCUT2D eigenvalue weighted by molar-refractivity contribution is -0.138. The Kier molecular flexibility index (Phi) is 20.0. The molecule has 0 aliphatic carbocycles. The van der Waals surface area contributed by atoms with Gasteiger partial charge in [0, 0.05) is 6.08 Å². The van der Waals surface area contributed by atoms with Crippen molar-refractivity contribution >= 4 is 36.3 Å². The topological polar surface area (TPSA) is 176 Å². The Morgan fingerprint density at radius 1 is 0.484 bits per heavy atom. The third-order valence-corrected chi connectivity index (χ3v) is 8.55. The lowest BCUT2D eigenvalue weighted by Crippen LogP contribution is -2.11. The maximum atomic E-state index is 12.9. The van der Waals surface area contributed by atoms with Gasteiger partial charge in [-0.1, -0.05) is 12.7 Å². The number of hydrogen-bond acceptors (Lipinski definition) is 14. The van der Waals surface area contributed by atoms with Crippen molar-refractivity contribution in [1.82, 2.24) is 0 Å². The second-order valence-corrected chi connectivity index (χ2v) is 13.4. The molecule has 0 aliphatic rings. The van der Waals surface area contributed by atoms with Crippen molar-refractivity contribution in [3.63, 3.8) is 0 Å². The van der Waals surface area contributed by atoms with Crippen molar-refractivity contribution in [3.8, 4) is 34.5 Å². The minimum Gasteiger partial charge on any atom is -0.494 e. The second-order valence-electron chi connectivity index (χ2n) is 13.4. The van der Waals surface area contributed by atoms with Gasteiger partial charge in [-0.2, -0.15) is 0 Å². The minimum atomic E-state index is -0.658. The normalized spacial score (nSPS) is 10.1. The van der Waals surface area contributed by atoms with Crippen LogP contribution in [0.3, 0.4) is 0 Å². The van der Waals surface area contributed by atoms with E-state index in [1.165, 1.54) is 60.7 Å². The largest absolute Gasteiger partial charge is 0.494 e. The predicted octanol–water partition coefficient (Wildman–Crippen LogP) is 9.28. The number of carbonyl (C=O) groups is 6. The highest BCUT2D eigenvalue weighted by Gasteiger charge is 2.16. The molecule has 0 unspecified atom stereocenters. The molecule has 332 valence electrons. The maximum Gasteiger partial charge on any atom is 0.343 e. The van der Waals surface area contributed by atoms with Crippen LogP contribution in [0.2, 0.25) is 0 Å². The number of carbonyl (C=O) groups excluding carboxylic acids is 6. The zero-order chi connectivity index (χ0) is 46.1. The van der Waals surface area contributed by atoms with E-state index in [0.29, 0.717) is 80.2 Å². The number of rotatable bonds is 22. The van der Waals surface area contributed by atoms with E-state index in [9.17, 15) is 28.8 Å². The van der Waals surface area contributed by atoms with Crippen LogP contribution in [0.25, 0.3) is 0 Å². The average molecular weight is 873 g/mol. The highest BCUT2D eigenvalue weighted by molar-refractivity contribution is 5.94. The van der Waals surface area contributed by atoms with Crippen LogP contribution in [0.4, 0.5) is 0 Å². The zero-order valence-corrected chi connectivity index (χ0v) is 35.5. The summed E-state index contributed by atoms with van der Waals surface area (Å²) < 4.78 is 42.8. The zero-order valence-electron chi connectivity index (χ0n) is 35.5. The van der Waals surface area contributed by atoms with Crippen LogP contribution in [0, 0.1) is 6.92 Å². The number of esters is 5.